The molecule has 0 aliphatic carbocycles. The van der Waals surface area contributed by atoms with Crippen molar-refractivity contribution in [1.29, 1.82) is 0 Å². The number of halogens is 1. The number of amides is 1. The molecule has 1 aliphatic rings. The van der Waals surface area contributed by atoms with Crippen molar-refractivity contribution in [2.24, 2.45) is 5.73 Å². The zero-order chi connectivity index (χ0) is 28.1. The average Bonchev–Trinajstić information content (AvgIpc) is 3.72. The number of rotatable bonds is 6. The van der Waals surface area contributed by atoms with Gasteiger partial charge in [0, 0.05) is 17.2 Å². The monoisotopic (exact) mass is 563 g/mol. The Morgan fingerprint density at radius 2 is 1.78 bits per heavy atom. The summed E-state index contributed by atoms with van der Waals surface area (Å²) in [6, 6.07) is 23.4. The van der Waals surface area contributed by atoms with Crippen LogP contribution in [0.1, 0.15) is 10.9 Å². The maximum absolute atomic E-state index is 13.7. The first kappa shape index (κ1) is 24.9. The van der Waals surface area contributed by atoms with Crippen molar-refractivity contribution in [3.63, 3.8) is 0 Å². The topological polar surface area (TPSA) is 103 Å². The number of hydrogen-bond donors (Lipinski definition) is 1. The van der Waals surface area contributed by atoms with Gasteiger partial charge in [-0.25, -0.2) is 18.9 Å². The highest BCUT2D eigenvalue weighted by Gasteiger charge is 2.34. The molecule has 1 unspecified atom stereocenters. The minimum atomic E-state index is -0.547. The molecular weight excluding hydrogens is 541 g/mol. The molecule has 0 saturated heterocycles. The number of thioether (sulfide) groups is 1. The van der Waals surface area contributed by atoms with Crippen molar-refractivity contribution in [3.05, 3.63) is 114 Å². The number of nitrogens with zero attached hydrogens (tertiary/aromatic N) is 6. The van der Waals surface area contributed by atoms with Gasteiger partial charge in [-0.15, -0.1) is 11.8 Å². The summed E-state index contributed by atoms with van der Waals surface area (Å²) >= 11 is 1.48. The number of anilines is 1. The van der Waals surface area contributed by atoms with E-state index in [1.807, 2.05) is 70.1 Å². The Balaban J connectivity index is 1.33. The molecule has 0 radical (unpaired) electrons. The second kappa shape index (κ2) is 9.79. The number of ether oxygens (including phenoxy) is 1. The third-order valence-electron chi connectivity index (χ3n) is 6.90. The van der Waals surface area contributed by atoms with E-state index < -0.39 is 5.91 Å². The van der Waals surface area contributed by atoms with Gasteiger partial charge in [-0.1, -0.05) is 18.2 Å². The molecule has 2 aromatic carbocycles. The average molecular weight is 564 g/mol. The Labute approximate surface area is 237 Å². The highest BCUT2D eigenvalue weighted by atomic mass is 32.2. The molecular formula is C30H22FN7O2S. The van der Waals surface area contributed by atoms with Crippen LogP contribution in [0.2, 0.25) is 0 Å². The lowest BCUT2D eigenvalue weighted by atomic mass is 10.1. The summed E-state index contributed by atoms with van der Waals surface area (Å²) in [5.74, 6) is 0.404. The summed E-state index contributed by atoms with van der Waals surface area (Å²) < 4.78 is 22.6. The molecule has 41 heavy (non-hydrogen) atoms. The predicted molar refractivity (Wildman–Crippen MR) is 156 cm³/mol. The SMILES string of the molecule is COc1ccc(C2SC=C(C(N)=O)N2c2cn3nc(-c4c(-c5ccc(F)cc5)nc5ccccn45)ccc3n2)cc1. The first-order chi connectivity index (χ1) is 20.0. The van der Waals surface area contributed by atoms with E-state index in [9.17, 15) is 9.18 Å². The number of carbonyl (C=O) groups is 1. The molecule has 0 saturated carbocycles. The molecule has 1 aliphatic heterocycles. The quantitative estimate of drug-likeness (QED) is 0.288. The summed E-state index contributed by atoms with van der Waals surface area (Å²) in [6.45, 7) is 0. The molecule has 9 nitrogen and oxygen atoms in total. The maximum Gasteiger partial charge on any atom is 0.265 e. The van der Waals surface area contributed by atoms with Crippen LogP contribution in [0.4, 0.5) is 10.2 Å². The van der Waals surface area contributed by atoms with Gasteiger partial charge >= 0.3 is 0 Å². The van der Waals surface area contributed by atoms with Gasteiger partial charge in [0.05, 0.1) is 19.0 Å². The van der Waals surface area contributed by atoms with Crippen LogP contribution in [0.15, 0.2) is 102 Å². The van der Waals surface area contributed by atoms with E-state index in [1.54, 1.807) is 35.4 Å². The van der Waals surface area contributed by atoms with E-state index in [0.717, 1.165) is 28.2 Å². The Bertz CT molecular complexity index is 1970. The molecule has 11 heteroatoms. The lowest BCUT2D eigenvalue weighted by Gasteiger charge is -2.26. The molecule has 7 rings (SSSR count). The number of carbonyl (C=O) groups excluding carboxylic acids is 1. The van der Waals surface area contributed by atoms with Crippen LogP contribution < -0.4 is 15.4 Å². The third-order valence-corrected chi connectivity index (χ3v) is 8.00. The Morgan fingerprint density at radius 3 is 2.54 bits per heavy atom. The molecule has 1 atom stereocenters. The van der Waals surface area contributed by atoms with Crippen molar-refractivity contribution in [2.45, 2.75) is 5.37 Å². The van der Waals surface area contributed by atoms with Crippen molar-refractivity contribution in [1.82, 2.24) is 24.0 Å². The normalized spacial score (nSPS) is 15.0. The number of nitrogens with two attached hydrogens (primary N) is 1. The zero-order valence-electron chi connectivity index (χ0n) is 21.7. The van der Waals surface area contributed by atoms with E-state index in [1.165, 1.54) is 23.9 Å². The van der Waals surface area contributed by atoms with E-state index >= 15 is 0 Å². The smallest absolute Gasteiger partial charge is 0.265 e. The Kier molecular flexibility index (Phi) is 5.93. The third kappa shape index (κ3) is 4.27. The Hall–Kier alpha value is -5.16. The van der Waals surface area contributed by atoms with Gasteiger partial charge < -0.3 is 15.4 Å². The van der Waals surface area contributed by atoms with Gasteiger partial charge in [0.15, 0.2) is 11.5 Å². The summed E-state index contributed by atoms with van der Waals surface area (Å²) in [5, 5.41) is 6.39. The van der Waals surface area contributed by atoms with Gasteiger partial charge in [-0.2, -0.15) is 5.10 Å². The highest BCUT2D eigenvalue weighted by Crippen LogP contribution is 2.45. The summed E-state index contributed by atoms with van der Waals surface area (Å²) in [6.07, 6.45) is 3.69. The van der Waals surface area contributed by atoms with Crippen LogP contribution in [0.3, 0.4) is 0 Å². The molecule has 2 N–H and O–H groups in total. The molecule has 202 valence electrons. The van der Waals surface area contributed by atoms with E-state index in [0.29, 0.717) is 28.5 Å². The fourth-order valence-electron chi connectivity index (χ4n) is 4.95. The van der Waals surface area contributed by atoms with Crippen molar-refractivity contribution < 1.29 is 13.9 Å². The summed E-state index contributed by atoms with van der Waals surface area (Å²) in [4.78, 5) is 23.8. The lowest BCUT2D eigenvalue weighted by Crippen LogP contribution is -2.30. The van der Waals surface area contributed by atoms with Gasteiger partial charge in [0.25, 0.3) is 5.91 Å². The first-order valence-corrected chi connectivity index (χ1v) is 13.6. The highest BCUT2D eigenvalue weighted by molar-refractivity contribution is 8.02. The van der Waals surface area contributed by atoms with Gasteiger partial charge in [-0.05, 0) is 66.2 Å². The largest absolute Gasteiger partial charge is 0.497 e. The van der Waals surface area contributed by atoms with Crippen LogP contribution in [0.5, 0.6) is 5.75 Å². The summed E-state index contributed by atoms with van der Waals surface area (Å²) in [5.41, 5.74) is 11.3. The number of aromatic nitrogens is 5. The fourth-order valence-corrected chi connectivity index (χ4v) is 6.10. The molecule has 5 heterocycles. The molecule has 0 spiro atoms. The van der Waals surface area contributed by atoms with Gasteiger partial charge in [0.2, 0.25) is 0 Å². The minimum absolute atomic E-state index is 0.253. The maximum atomic E-state index is 13.7. The van der Waals surface area contributed by atoms with E-state index in [2.05, 4.69) is 0 Å². The number of primary amides is 1. The molecule has 6 aromatic rings. The number of imidazole rings is 2. The Morgan fingerprint density at radius 1 is 0.976 bits per heavy atom. The second-order valence-corrected chi connectivity index (χ2v) is 10.3. The van der Waals surface area contributed by atoms with Crippen LogP contribution in [0.25, 0.3) is 33.9 Å². The van der Waals surface area contributed by atoms with E-state index in [-0.39, 0.29) is 11.2 Å². The van der Waals surface area contributed by atoms with Crippen molar-refractivity contribution in [3.8, 4) is 28.4 Å². The predicted octanol–water partition coefficient (Wildman–Crippen LogP) is 5.44. The molecule has 1 amide bonds. The fraction of sp³-hybridized carbons (Fsp3) is 0.0667. The summed E-state index contributed by atoms with van der Waals surface area (Å²) in [7, 11) is 1.62. The number of hydrogen-bond acceptors (Lipinski definition) is 7. The van der Waals surface area contributed by atoms with Crippen LogP contribution in [-0.4, -0.2) is 37.0 Å². The molecule has 4 aromatic heterocycles. The number of fused-ring (bicyclic) bond motifs is 2. The standard InChI is InChI=1S/C30H22FN7O2S/c1-40-21-11-7-19(8-12-21)30-38(23(17-41-30)29(32)39)26-16-37-25(33-26)14-13-22(35-37)28-27(18-5-9-20(31)10-6-18)34-24-4-2-3-15-36(24)28/h2-17,30H,1H3,(H2,32,39). The number of benzene rings is 2. The van der Waals surface area contributed by atoms with Crippen LogP contribution >= 0.6 is 11.8 Å². The number of pyridine rings is 1. The first-order valence-electron chi connectivity index (χ1n) is 12.7. The van der Waals surface area contributed by atoms with E-state index in [4.69, 9.17) is 25.5 Å². The van der Waals surface area contributed by atoms with Gasteiger partial charge in [0.1, 0.15) is 39.7 Å². The van der Waals surface area contributed by atoms with Crippen LogP contribution in [0, 0.1) is 5.82 Å². The van der Waals surface area contributed by atoms with Crippen molar-refractivity contribution >= 4 is 34.8 Å². The number of methoxy groups -OCH3 is 1. The minimum Gasteiger partial charge on any atom is -0.497 e. The lowest BCUT2D eigenvalue weighted by molar-refractivity contribution is -0.114. The molecule has 0 fully saturated rings. The van der Waals surface area contributed by atoms with Gasteiger partial charge in [-0.3, -0.25) is 9.20 Å². The second-order valence-electron chi connectivity index (χ2n) is 9.36. The zero-order valence-corrected chi connectivity index (χ0v) is 22.5. The molecule has 0 bridgehead atoms. The van der Waals surface area contributed by atoms with Crippen molar-refractivity contribution in [2.75, 3.05) is 12.0 Å². The van der Waals surface area contributed by atoms with Crippen LogP contribution in [-0.2, 0) is 4.79 Å².